The van der Waals surface area contributed by atoms with Gasteiger partial charge in [0, 0.05) is 29.1 Å². The van der Waals surface area contributed by atoms with Crippen LogP contribution in [0, 0.1) is 12.3 Å². The molecular formula is C24H31ClN2O4. The molecule has 0 fully saturated rings. The number of allylic oxidation sites excluding steroid dienone is 4. The van der Waals surface area contributed by atoms with Gasteiger partial charge in [-0.25, -0.2) is 0 Å². The molecule has 2 unspecified atom stereocenters. The van der Waals surface area contributed by atoms with Crippen molar-refractivity contribution in [2.24, 2.45) is 5.41 Å². The Balaban J connectivity index is 0.000000245. The third-order valence-electron chi connectivity index (χ3n) is 4.70. The second-order valence-corrected chi connectivity index (χ2v) is 8.26. The number of nitrogens with one attached hydrogen (secondary N) is 2. The zero-order chi connectivity index (χ0) is 22.7. The van der Waals surface area contributed by atoms with Crippen molar-refractivity contribution < 1.29 is 19.1 Å². The molecule has 3 rings (SSSR count). The van der Waals surface area contributed by atoms with Gasteiger partial charge in [-0.15, -0.1) is 0 Å². The average molecular weight is 447 g/mol. The molecule has 2 N–H and O–H groups in total. The lowest BCUT2D eigenvalue weighted by atomic mass is 9.77. The van der Waals surface area contributed by atoms with Crippen molar-refractivity contribution in [3.05, 3.63) is 64.9 Å². The lowest BCUT2D eigenvalue weighted by molar-refractivity contribution is -0.126. The van der Waals surface area contributed by atoms with E-state index in [0.29, 0.717) is 17.9 Å². The van der Waals surface area contributed by atoms with E-state index >= 15 is 0 Å². The molecule has 0 aliphatic heterocycles. The number of amides is 1. The minimum absolute atomic E-state index is 0.00436. The highest BCUT2D eigenvalue weighted by molar-refractivity contribution is 6.31. The van der Waals surface area contributed by atoms with Crippen molar-refractivity contribution in [1.29, 1.82) is 0 Å². The molecule has 1 amide bonds. The van der Waals surface area contributed by atoms with Gasteiger partial charge in [0.1, 0.15) is 25.2 Å². The summed E-state index contributed by atoms with van der Waals surface area (Å²) in [5, 5.41) is 6.45. The number of ether oxygens (including phenoxy) is 2. The van der Waals surface area contributed by atoms with E-state index in [1.807, 2.05) is 44.3 Å². The monoisotopic (exact) mass is 446 g/mol. The van der Waals surface area contributed by atoms with Gasteiger partial charge in [-0.3, -0.25) is 4.79 Å². The van der Waals surface area contributed by atoms with E-state index in [1.165, 1.54) is 5.56 Å². The summed E-state index contributed by atoms with van der Waals surface area (Å²) in [7, 11) is 1.92. The summed E-state index contributed by atoms with van der Waals surface area (Å²) in [4.78, 5) is 22.3. The lowest BCUT2D eigenvalue weighted by Crippen LogP contribution is -2.37. The maximum atomic E-state index is 11.6. The van der Waals surface area contributed by atoms with Crippen LogP contribution >= 0.6 is 11.6 Å². The third-order valence-corrected chi connectivity index (χ3v) is 4.98. The van der Waals surface area contributed by atoms with E-state index in [-0.39, 0.29) is 18.6 Å². The van der Waals surface area contributed by atoms with Gasteiger partial charge in [0.05, 0.1) is 6.10 Å². The molecule has 0 aromatic heterocycles. The van der Waals surface area contributed by atoms with E-state index in [1.54, 1.807) is 12.2 Å². The summed E-state index contributed by atoms with van der Waals surface area (Å²) in [6.45, 7) is 5.49. The second kappa shape index (κ2) is 12.4. The average Bonchev–Trinajstić information content (AvgIpc) is 2.73. The van der Waals surface area contributed by atoms with Crippen molar-refractivity contribution in [3.8, 4) is 5.75 Å². The summed E-state index contributed by atoms with van der Waals surface area (Å²) in [5.41, 5.74) is 1.60. The fourth-order valence-electron chi connectivity index (χ4n) is 3.01. The number of aryl methyl sites for hydroxylation is 1. The van der Waals surface area contributed by atoms with E-state index in [2.05, 4.69) is 23.6 Å². The molecule has 168 valence electrons. The Hall–Kier alpha value is -2.41. The first-order chi connectivity index (χ1) is 14.8. The van der Waals surface area contributed by atoms with Crippen LogP contribution in [0.5, 0.6) is 5.75 Å². The number of halogens is 1. The van der Waals surface area contributed by atoms with Crippen LogP contribution in [0.3, 0.4) is 0 Å². The Morgan fingerprint density at radius 1 is 1.39 bits per heavy atom. The quantitative estimate of drug-likeness (QED) is 0.447. The Morgan fingerprint density at radius 3 is 2.77 bits per heavy atom. The molecule has 0 heterocycles. The topological polar surface area (TPSA) is 76.7 Å². The molecule has 1 aromatic carbocycles. The SMILES string of the molecule is CC1(C=O)C=C(NC(=O)COC2C=CC(Cl)=CC2)C1.CNCCOc1cccc(C)c1. The zero-order valence-corrected chi connectivity index (χ0v) is 19.1. The summed E-state index contributed by atoms with van der Waals surface area (Å²) in [6, 6.07) is 8.08. The van der Waals surface area contributed by atoms with Gasteiger partial charge < -0.3 is 24.9 Å². The minimum atomic E-state index is -0.420. The van der Waals surface area contributed by atoms with Crippen LogP contribution in [-0.2, 0) is 14.3 Å². The smallest absolute Gasteiger partial charge is 0.250 e. The van der Waals surface area contributed by atoms with E-state index in [9.17, 15) is 9.59 Å². The van der Waals surface area contributed by atoms with Gasteiger partial charge in [0.25, 0.3) is 0 Å². The first-order valence-corrected chi connectivity index (χ1v) is 10.7. The fourth-order valence-corrected chi connectivity index (χ4v) is 3.17. The van der Waals surface area contributed by atoms with Crippen LogP contribution in [0.25, 0.3) is 0 Å². The van der Waals surface area contributed by atoms with Crippen molar-refractivity contribution in [2.45, 2.75) is 32.8 Å². The number of benzene rings is 1. The predicted octanol–water partition coefficient (Wildman–Crippen LogP) is 3.66. The van der Waals surface area contributed by atoms with E-state index in [0.717, 1.165) is 30.9 Å². The number of carbonyl (C=O) groups is 2. The number of carbonyl (C=O) groups excluding carboxylic acids is 2. The normalized spacial score (nSPS) is 21.6. The molecule has 2 atom stereocenters. The zero-order valence-electron chi connectivity index (χ0n) is 18.3. The van der Waals surface area contributed by atoms with Crippen LogP contribution in [0.2, 0.25) is 0 Å². The van der Waals surface area contributed by atoms with Crippen molar-refractivity contribution in [2.75, 3.05) is 26.8 Å². The Bertz CT molecular complexity index is 850. The highest BCUT2D eigenvalue weighted by Crippen LogP contribution is 2.34. The van der Waals surface area contributed by atoms with Crippen LogP contribution in [0.1, 0.15) is 25.3 Å². The van der Waals surface area contributed by atoms with Gasteiger partial charge in [0.15, 0.2) is 0 Å². The molecule has 2 aliphatic rings. The molecule has 7 heteroatoms. The van der Waals surface area contributed by atoms with Crippen LogP contribution in [0.4, 0.5) is 0 Å². The standard InChI is InChI=1S/C14H16ClNO3.C10H15NO/c1-14(9-17)6-11(7-14)16-13(18)8-19-12-4-2-10(15)3-5-12;1-9-4-3-5-10(8-9)12-7-6-11-2/h2-4,6,9,12H,5,7-8H2,1H3,(H,16,18);3-5,8,11H,6-7H2,1-2H3. The summed E-state index contributed by atoms with van der Waals surface area (Å²) in [5.74, 6) is 0.749. The van der Waals surface area contributed by atoms with Crippen LogP contribution in [-0.4, -0.2) is 45.1 Å². The molecule has 0 radical (unpaired) electrons. The lowest BCUT2D eigenvalue weighted by Gasteiger charge is -2.31. The van der Waals surface area contributed by atoms with Crippen molar-refractivity contribution in [1.82, 2.24) is 10.6 Å². The molecule has 1 aromatic rings. The molecule has 0 spiro atoms. The van der Waals surface area contributed by atoms with Gasteiger partial charge in [0.2, 0.25) is 5.91 Å². The first kappa shape index (κ1) is 24.9. The molecule has 0 saturated carbocycles. The molecule has 2 aliphatic carbocycles. The Kier molecular flexibility index (Phi) is 9.98. The summed E-state index contributed by atoms with van der Waals surface area (Å²) in [6.07, 6.45) is 9.25. The Labute approximate surface area is 189 Å². The fraction of sp³-hybridized carbons (Fsp3) is 0.417. The Morgan fingerprint density at radius 2 is 2.16 bits per heavy atom. The second-order valence-electron chi connectivity index (χ2n) is 7.82. The first-order valence-electron chi connectivity index (χ1n) is 10.3. The van der Waals surface area contributed by atoms with Gasteiger partial charge in [-0.05, 0) is 51.1 Å². The van der Waals surface area contributed by atoms with Gasteiger partial charge >= 0.3 is 0 Å². The van der Waals surface area contributed by atoms with Crippen LogP contribution in [0.15, 0.2) is 59.3 Å². The summed E-state index contributed by atoms with van der Waals surface area (Å²) < 4.78 is 10.9. The molecule has 0 saturated heterocycles. The highest BCUT2D eigenvalue weighted by atomic mass is 35.5. The number of rotatable bonds is 9. The van der Waals surface area contributed by atoms with Crippen LogP contribution < -0.4 is 15.4 Å². The third kappa shape index (κ3) is 9.09. The van der Waals surface area contributed by atoms with Crippen molar-refractivity contribution >= 4 is 23.8 Å². The van der Waals surface area contributed by atoms with Gasteiger partial charge in [-0.2, -0.15) is 0 Å². The largest absolute Gasteiger partial charge is 0.492 e. The van der Waals surface area contributed by atoms with E-state index < -0.39 is 5.41 Å². The number of hydrogen-bond acceptors (Lipinski definition) is 5. The number of aldehydes is 1. The maximum absolute atomic E-state index is 11.6. The molecule has 6 nitrogen and oxygen atoms in total. The highest BCUT2D eigenvalue weighted by Gasteiger charge is 2.32. The summed E-state index contributed by atoms with van der Waals surface area (Å²) >= 11 is 5.78. The van der Waals surface area contributed by atoms with Gasteiger partial charge in [-0.1, -0.05) is 42.0 Å². The molecule has 0 bridgehead atoms. The number of likely N-dealkylation sites (N-methyl/N-ethyl adjacent to an activating group) is 1. The predicted molar refractivity (Wildman–Crippen MR) is 123 cm³/mol. The van der Waals surface area contributed by atoms with E-state index in [4.69, 9.17) is 21.1 Å². The van der Waals surface area contributed by atoms with Crippen molar-refractivity contribution in [3.63, 3.8) is 0 Å². The molecule has 31 heavy (non-hydrogen) atoms. The minimum Gasteiger partial charge on any atom is -0.492 e. The molecular weight excluding hydrogens is 416 g/mol. The maximum Gasteiger partial charge on any atom is 0.250 e. The number of hydrogen-bond donors (Lipinski definition) is 2.